The molecule has 24 heavy (non-hydrogen) atoms. The number of rotatable bonds is 5. The number of amides is 3. The average Bonchev–Trinajstić information content (AvgIpc) is 2.51. The van der Waals surface area contributed by atoms with E-state index in [2.05, 4.69) is 21.3 Å². The number of carbonyl (C=O) groups excluding carboxylic acids is 3. The molecule has 1 fully saturated rings. The fraction of sp³-hybridized carbons (Fsp3) is 0.400. The predicted octanol–water partition coefficient (Wildman–Crippen LogP) is 0.0887. The number of nitrogens with one attached hydrogen (secondary N) is 4. The van der Waals surface area contributed by atoms with Gasteiger partial charge in [-0.3, -0.25) is 14.4 Å². The molecule has 9 heteroatoms. The molecule has 3 amide bonds. The van der Waals surface area contributed by atoms with E-state index in [0.717, 1.165) is 0 Å². The molecular formula is C15H20ClFN4O3. The summed E-state index contributed by atoms with van der Waals surface area (Å²) in [5.41, 5.74) is 0.945. The van der Waals surface area contributed by atoms with Gasteiger partial charge >= 0.3 is 0 Å². The summed E-state index contributed by atoms with van der Waals surface area (Å²) in [5, 5.41) is 10.6. The van der Waals surface area contributed by atoms with Crippen molar-refractivity contribution in [1.82, 2.24) is 16.0 Å². The van der Waals surface area contributed by atoms with Crippen LogP contribution in [0, 0.1) is 12.7 Å². The lowest BCUT2D eigenvalue weighted by Crippen LogP contribution is -2.58. The first-order valence-electron chi connectivity index (χ1n) is 7.29. The Morgan fingerprint density at radius 2 is 2.12 bits per heavy atom. The van der Waals surface area contributed by atoms with E-state index in [-0.39, 0.29) is 55.5 Å². The number of hydrogen-bond acceptors (Lipinski definition) is 4. The van der Waals surface area contributed by atoms with Gasteiger partial charge in [0.2, 0.25) is 17.7 Å². The number of benzene rings is 1. The summed E-state index contributed by atoms with van der Waals surface area (Å²) in [6.45, 7) is 2.32. The zero-order valence-corrected chi connectivity index (χ0v) is 14.0. The summed E-state index contributed by atoms with van der Waals surface area (Å²) < 4.78 is 13.1. The van der Waals surface area contributed by atoms with Crippen LogP contribution in [0.1, 0.15) is 12.0 Å². The minimum atomic E-state index is -0.626. The van der Waals surface area contributed by atoms with Crippen molar-refractivity contribution in [3.05, 3.63) is 29.6 Å². The summed E-state index contributed by atoms with van der Waals surface area (Å²) >= 11 is 0. The lowest BCUT2D eigenvalue weighted by atomic mass is 10.2. The van der Waals surface area contributed by atoms with Crippen LogP contribution in [-0.4, -0.2) is 43.4 Å². The highest BCUT2D eigenvalue weighted by molar-refractivity contribution is 5.92. The molecule has 0 spiro atoms. The van der Waals surface area contributed by atoms with Gasteiger partial charge in [-0.05, 0) is 30.7 Å². The highest BCUT2D eigenvalue weighted by Gasteiger charge is 2.23. The molecule has 0 bridgehead atoms. The van der Waals surface area contributed by atoms with Crippen molar-refractivity contribution in [2.24, 2.45) is 0 Å². The third kappa shape index (κ3) is 5.78. The van der Waals surface area contributed by atoms with Crippen LogP contribution in [0.4, 0.5) is 10.1 Å². The molecule has 0 saturated carbocycles. The number of anilines is 1. The molecule has 132 valence electrons. The fourth-order valence-electron chi connectivity index (χ4n) is 2.15. The number of aryl methyl sites for hydroxylation is 1. The van der Waals surface area contributed by atoms with E-state index < -0.39 is 6.04 Å². The first kappa shape index (κ1) is 19.9. The van der Waals surface area contributed by atoms with Crippen molar-refractivity contribution in [2.45, 2.75) is 19.4 Å². The Hall–Kier alpha value is -2.19. The van der Waals surface area contributed by atoms with Crippen LogP contribution < -0.4 is 21.3 Å². The second-order valence-electron chi connectivity index (χ2n) is 5.30. The fourth-order valence-corrected chi connectivity index (χ4v) is 2.15. The molecular weight excluding hydrogens is 339 g/mol. The second kappa shape index (κ2) is 9.19. The Morgan fingerprint density at radius 3 is 2.79 bits per heavy atom. The number of halogens is 2. The van der Waals surface area contributed by atoms with Crippen LogP contribution in [0.3, 0.4) is 0 Å². The van der Waals surface area contributed by atoms with Gasteiger partial charge in [0.25, 0.3) is 0 Å². The predicted molar refractivity (Wildman–Crippen MR) is 89.4 cm³/mol. The van der Waals surface area contributed by atoms with Crippen molar-refractivity contribution in [3.63, 3.8) is 0 Å². The molecule has 1 unspecified atom stereocenters. The SMILES string of the molecule is Cc1cc(NC(=O)CCNC(=O)C2CNCC(=O)N2)ccc1F.Cl. The van der Waals surface area contributed by atoms with E-state index in [4.69, 9.17) is 0 Å². The van der Waals surface area contributed by atoms with Gasteiger partial charge in [-0.1, -0.05) is 0 Å². The van der Waals surface area contributed by atoms with Crippen molar-refractivity contribution in [1.29, 1.82) is 0 Å². The van der Waals surface area contributed by atoms with E-state index in [1.807, 2.05) is 0 Å². The Balaban J connectivity index is 0.00000288. The summed E-state index contributed by atoms with van der Waals surface area (Å²) in [4.78, 5) is 34.8. The van der Waals surface area contributed by atoms with E-state index in [1.165, 1.54) is 18.2 Å². The van der Waals surface area contributed by atoms with E-state index in [9.17, 15) is 18.8 Å². The van der Waals surface area contributed by atoms with Crippen molar-refractivity contribution in [3.8, 4) is 0 Å². The molecule has 4 N–H and O–H groups in total. The van der Waals surface area contributed by atoms with Gasteiger partial charge in [0, 0.05) is 25.2 Å². The van der Waals surface area contributed by atoms with Crippen molar-refractivity contribution in [2.75, 3.05) is 25.0 Å². The molecule has 0 aromatic heterocycles. The lowest BCUT2D eigenvalue weighted by molar-refractivity contribution is -0.130. The quantitative estimate of drug-likeness (QED) is 0.599. The molecule has 1 aliphatic heterocycles. The molecule has 1 aromatic rings. The van der Waals surface area contributed by atoms with Gasteiger partial charge in [-0.15, -0.1) is 12.4 Å². The minimum absolute atomic E-state index is 0. The molecule has 0 aliphatic carbocycles. The van der Waals surface area contributed by atoms with Gasteiger partial charge < -0.3 is 21.3 Å². The maximum atomic E-state index is 13.1. The largest absolute Gasteiger partial charge is 0.354 e. The first-order chi connectivity index (χ1) is 11.0. The number of piperazine rings is 1. The zero-order chi connectivity index (χ0) is 16.8. The third-order valence-electron chi connectivity index (χ3n) is 3.38. The highest BCUT2D eigenvalue weighted by Crippen LogP contribution is 2.13. The normalized spacial score (nSPS) is 16.6. The van der Waals surface area contributed by atoms with Gasteiger partial charge in [0.05, 0.1) is 6.54 Å². The van der Waals surface area contributed by atoms with E-state index in [0.29, 0.717) is 17.8 Å². The molecule has 7 nitrogen and oxygen atoms in total. The average molecular weight is 359 g/mol. The van der Waals surface area contributed by atoms with E-state index in [1.54, 1.807) is 6.92 Å². The minimum Gasteiger partial charge on any atom is -0.354 e. The number of carbonyl (C=O) groups is 3. The van der Waals surface area contributed by atoms with Crippen LogP contribution in [0.15, 0.2) is 18.2 Å². The third-order valence-corrected chi connectivity index (χ3v) is 3.38. The summed E-state index contributed by atoms with van der Waals surface area (Å²) in [6.07, 6.45) is 0.0796. The zero-order valence-electron chi connectivity index (χ0n) is 13.1. The second-order valence-corrected chi connectivity index (χ2v) is 5.30. The molecule has 1 saturated heterocycles. The Labute approximate surface area is 145 Å². The van der Waals surface area contributed by atoms with E-state index >= 15 is 0 Å². The summed E-state index contributed by atoms with van der Waals surface area (Å²) in [5.74, 6) is -1.20. The Morgan fingerprint density at radius 1 is 1.38 bits per heavy atom. The van der Waals surface area contributed by atoms with Crippen LogP contribution >= 0.6 is 12.4 Å². The van der Waals surface area contributed by atoms with Crippen LogP contribution in [0.5, 0.6) is 0 Å². The molecule has 2 rings (SSSR count). The Kier molecular flexibility index (Phi) is 7.60. The maximum Gasteiger partial charge on any atom is 0.243 e. The van der Waals surface area contributed by atoms with Crippen LogP contribution in [0.25, 0.3) is 0 Å². The molecule has 0 radical (unpaired) electrons. The number of hydrogen-bond donors (Lipinski definition) is 4. The van der Waals surface area contributed by atoms with Gasteiger partial charge in [-0.2, -0.15) is 0 Å². The van der Waals surface area contributed by atoms with Gasteiger partial charge in [0.1, 0.15) is 11.9 Å². The molecule has 1 heterocycles. The van der Waals surface area contributed by atoms with Gasteiger partial charge in [-0.25, -0.2) is 4.39 Å². The monoisotopic (exact) mass is 358 g/mol. The topological polar surface area (TPSA) is 99.3 Å². The highest BCUT2D eigenvalue weighted by atomic mass is 35.5. The van der Waals surface area contributed by atoms with Crippen molar-refractivity contribution < 1.29 is 18.8 Å². The molecule has 1 aliphatic rings. The lowest BCUT2D eigenvalue weighted by Gasteiger charge is -2.23. The van der Waals surface area contributed by atoms with Crippen LogP contribution in [-0.2, 0) is 14.4 Å². The van der Waals surface area contributed by atoms with Crippen molar-refractivity contribution >= 4 is 35.8 Å². The standard InChI is InChI=1S/C15H19FN4O3.ClH/c1-9-6-10(2-3-11(9)16)19-13(21)4-5-18-15(23)12-7-17-8-14(22)20-12;/h2-3,6,12,17H,4-5,7-8H2,1H3,(H,18,23)(H,19,21)(H,20,22);1H. The smallest absolute Gasteiger partial charge is 0.243 e. The summed E-state index contributed by atoms with van der Waals surface area (Å²) in [7, 11) is 0. The maximum absolute atomic E-state index is 13.1. The molecule has 1 aromatic carbocycles. The Bertz CT molecular complexity index is 627. The van der Waals surface area contributed by atoms with Gasteiger partial charge in [0.15, 0.2) is 0 Å². The molecule has 1 atom stereocenters. The summed E-state index contributed by atoms with van der Waals surface area (Å²) in [6, 6.07) is 3.67. The van der Waals surface area contributed by atoms with Crippen LogP contribution in [0.2, 0.25) is 0 Å². The first-order valence-corrected chi connectivity index (χ1v) is 7.29.